The predicted octanol–water partition coefficient (Wildman–Crippen LogP) is 1.90. The molecule has 0 atom stereocenters. The van der Waals surface area contributed by atoms with Crippen molar-refractivity contribution in [2.24, 2.45) is 0 Å². The summed E-state index contributed by atoms with van der Waals surface area (Å²) in [6, 6.07) is 0. The molecule has 0 bridgehead atoms. The van der Waals surface area contributed by atoms with Crippen LogP contribution in [0.4, 0.5) is 14.5 Å². The Balaban J connectivity index is 3.41. The van der Waals surface area contributed by atoms with E-state index < -0.39 is 29.3 Å². The molecule has 1 heterocycles. The van der Waals surface area contributed by atoms with Crippen molar-refractivity contribution in [1.29, 1.82) is 0 Å². The van der Waals surface area contributed by atoms with Crippen LogP contribution in [0.5, 0.6) is 0 Å². The van der Waals surface area contributed by atoms with Crippen molar-refractivity contribution in [3.8, 4) is 0 Å². The number of anilines is 1. The number of carboxylic acid groups (broad SMARTS) is 1. The van der Waals surface area contributed by atoms with Gasteiger partial charge in [0.25, 0.3) is 6.43 Å². The number of alkyl halides is 2. The smallest absolute Gasteiger partial charge is 0.356 e. The average molecular weight is 314 g/mol. The van der Waals surface area contributed by atoms with Gasteiger partial charge in [0.1, 0.15) is 0 Å². The fraction of sp³-hybridized carbons (Fsp3) is 0.143. The van der Waals surface area contributed by atoms with Gasteiger partial charge >= 0.3 is 5.97 Å². The highest BCUT2D eigenvalue weighted by molar-refractivity contribution is 14.1. The van der Waals surface area contributed by atoms with Gasteiger partial charge in [-0.05, 0) is 22.6 Å². The van der Waals surface area contributed by atoms with Gasteiger partial charge in [-0.15, -0.1) is 0 Å². The molecule has 0 aromatic carbocycles. The van der Waals surface area contributed by atoms with E-state index in [9.17, 15) is 13.6 Å². The molecule has 0 saturated carbocycles. The summed E-state index contributed by atoms with van der Waals surface area (Å²) in [7, 11) is 0. The summed E-state index contributed by atoms with van der Waals surface area (Å²) in [4.78, 5) is 14.0. The van der Waals surface area contributed by atoms with E-state index >= 15 is 0 Å². The molecule has 4 nitrogen and oxygen atoms in total. The molecule has 0 aliphatic rings. The zero-order chi connectivity index (χ0) is 10.9. The molecule has 1 aromatic heterocycles. The second-order valence-corrected chi connectivity index (χ2v) is 3.55. The molecule has 0 radical (unpaired) electrons. The molecule has 76 valence electrons. The molecule has 0 fully saturated rings. The fourth-order valence-electron chi connectivity index (χ4n) is 0.909. The van der Waals surface area contributed by atoms with E-state index in [4.69, 9.17) is 10.8 Å². The minimum atomic E-state index is -2.80. The van der Waals surface area contributed by atoms with E-state index in [1.165, 1.54) is 0 Å². The fourth-order valence-corrected chi connectivity index (χ4v) is 1.57. The summed E-state index contributed by atoms with van der Waals surface area (Å²) < 4.78 is 25.0. The number of aromatic nitrogens is 1. The van der Waals surface area contributed by atoms with Gasteiger partial charge in [-0.3, -0.25) is 0 Å². The van der Waals surface area contributed by atoms with E-state index in [0.717, 1.165) is 6.20 Å². The van der Waals surface area contributed by atoms with Crippen molar-refractivity contribution in [2.45, 2.75) is 6.43 Å². The molecule has 14 heavy (non-hydrogen) atoms. The molecule has 0 unspecified atom stereocenters. The van der Waals surface area contributed by atoms with Crippen molar-refractivity contribution < 1.29 is 18.7 Å². The van der Waals surface area contributed by atoms with Crippen molar-refractivity contribution in [1.82, 2.24) is 4.98 Å². The Bertz CT molecular complexity index is 384. The monoisotopic (exact) mass is 314 g/mol. The zero-order valence-corrected chi connectivity index (χ0v) is 8.83. The first-order valence-corrected chi connectivity index (χ1v) is 4.48. The van der Waals surface area contributed by atoms with Crippen LogP contribution in [-0.4, -0.2) is 16.1 Å². The lowest BCUT2D eigenvalue weighted by Crippen LogP contribution is -2.10. The largest absolute Gasteiger partial charge is 0.476 e. The Morgan fingerprint density at radius 3 is 2.64 bits per heavy atom. The topological polar surface area (TPSA) is 76.2 Å². The lowest BCUT2D eigenvalue weighted by atomic mass is 10.2. The van der Waals surface area contributed by atoms with Crippen LogP contribution in [0.2, 0.25) is 0 Å². The number of rotatable bonds is 2. The number of hydrogen-bond acceptors (Lipinski definition) is 3. The highest BCUT2D eigenvalue weighted by Gasteiger charge is 2.21. The van der Waals surface area contributed by atoms with Gasteiger partial charge in [0.2, 0.25) is 0 Å². The SMILES string of the molecule is Nc1c(C(=O)O)ncc(I)c1C(F)F. The number of nitrogens with zero attached hydrogens (tertiary/aromatic N) is 1. The Hall–Kier alpha value is -0.990. The Labute approximate surface area is 91.3 Å². The number of nitrogens with two attached hydrogens (primary N) is 1. The van der Waals surface area contributed by atoms with Crippen LogP contribution in [0.1, 0.15) is 22.5 Å². The minimum absolute atomic E-state index is 0.153. The maximum Gasteiger partial charge on any atom is 0.356 e. The molecule has 0 spiro atoms. The number of halogens is 3. The number of hydrogen-bond donors (Lipinski definition) is 2. The number of aromatic carboxylic acids is 1. The summed E-state index contributed by atoms with van der Waals surface area (Å²) in [6.45, 7) is 0. The molecule has 3 N–H and O–H groups in total. The molecule has 1 rings (SSSR count). The van der Waals surface area contributed by atoms with E-state index in [0.29, 0.717) is 0 Å². The lowest BCUT2D eigenvalue weighted by Gasteiger charge is -2.08. The maximum atomic E-state index is 12.4. The average Bonchev–Trinajstić information content (AvgIpc) is 2.02. The Kier molecular flexibility index (Phi) is 3.19. The summed E-state index contributed by atoms with van der Waals surface area (Å²) in [5.41, 5.74) is 3.77. The minimum Gasteiger partial charge on any atom is -0.476 e. The molecule has 7 heteroatoms. The van der Waals surface area contributed by atoms with Gasteiger partial charge in [-0.1, -0.05) is 0 Å². The number of carboxylic acids is 1. The number of carbonyl (C=O) groups is 1. The van der Waals surface area contributed by atoms with Crippen molar-refractivity contribution in [3.05, 3.63) is 21.0 Å². The second kappa shape index (κ2) is 4.03. The van der Waals surface area contributed by atoms with Crippen molar-refractivity contribution in [2.75, 3.05) is 5.73 Å². The maximum absolute atomic E-state index is 12.4. The van der Waals surface area contributed by atoms with Gasteiger partial charge in [0, 0.05) is 9.77 Å². The molecular weight excluding hydrogens is 309 g/mol. The van der Waals surface area contributed by atoms with Gasteiger partial charge in [0.15, 0.2) is 5.69 Å². The standard InChI is InChI=1S/C7H5F2IN2O2/c8-6(9)3-2(10)1-12-5(4(3)11)7(13)14/h1,6H,11H2,(H,13,14). The summed E-state index contributed by atoms with van der Waals surface area (Å²) >= 11 is 1.63. The van der Waals surface area contributed by atoms with Crippen molar-refractivity contribution >= 4 is 34.2 Å². The Morgan fingerprint density at radius 2 is 2.21 bits per heavy atom. The third kappa shape index (κ3) is 1.91. The summed E-state index contributed by atoms with van der Waals surface area (Å²) in [6.07, 6.45) is -1.75. The van der Waals surface area contributed by atoms with Crippen LogP contribution < -0.4 is 5.73 Å². The third-order valence-electron chi connectivity index (χ3n) is 1.53. The summed E-state index contributed by atoms with van der Waals surface area (Å²) in [5.74, 6) is -1.42. The first-order valence-electron chi connectivity index (χ1n) is 3.40. The Morgan fingerprint density at radius 1 is 1.64 bits per heavy atom. The molecule has 0 aliphatic carbocycles. The first-order chi connectivity index (χ1) is 6.45. The van der Waals surface area contributed by atoms with Crippen LogP contribution >= 0.6 is 22.6 Å². The molecule has 1 aromatic rings. The van der Waals surface area contributed by atoms with Crippen LogP contribution in [0.25, 0.3) is 0 Å². The first kappa shape index (κ1) is 11.1. The quantitative estimate of drug-likeness (QED) is 0.818. The number of nitrogen functional groups attached to an aromatic ring is 1. The zero-order valence-electron chi connectivity index (χ0n) is 6.67. The van der Waals surface area contributed by atoms with Gasteiger partial charge in [0.05, 0.1) is 11.3 Å². The van der Waals surface area contributed by atoms with Crippen LogP contribution in [0.15, 0.2) is 6.20 Å². The lowest BCUT2D eigenvalue weighted by molar-refractivity contribution is 0.0691. The second-order valence-electron chi connectivity index (χ2n) is 2.39. The van der Waals surface area contributed by atoms with Crippen LogP contribution in [-0.2, 0) is 0 Å². The van der Waals surface area contributed by atoms with Gasteiger partial charge in [-0.2, -0.15) is 0 Å². The normalized spacial score (nSPS) is 10.6. The predicted molar refractivity (Wildman–Crippen MR) is 53.3 cm³/mol. The number of pyridine rings is 1. The summed E-state index contributed by atoms with van der Waals surface area (Å²) in [5, 5.41) is 8.57. The van der Waals surface area contributed by atoms with Crippen LogP contribution in [0.3, 0.4) is 0 Å². The third-order valence-corrected chi connectivity index (χ3v) is 2.39. The van der Waals surface area contributed by atoms with Gasteiger partial charge in [-0.25, -0.2) is 18.6 Å². The molecular formula is C7H5F2IN2O2. The molecule has 0 saturated heterocycles. The molecule has 0 aliphatic heterocycles. The highest BCUT2D eigenvalue weighted by atomic mass is 127. The van der Waals surface area contributed by atoms with E-state index in [2.05, 4.69) is 4.98 Å². The highest BCUT2D eigenvalue weighted by Crippen LogP contribution is 2.30. The van der Waals surface area contributed by atoms with E-state index in [1.807, 2.05) is 0 Å². The van der Waals surface area contributed by atoms with Gasteiger partial charge < -0.3 is 10.8 Å². The van der Waals surface area contributed by atoms with E-state index in [-0.39, 0.29) is 3.57 Å². The van der Waals surface area contributed by atoms with Crippen molar-refractivity contribution in [3.63, 3.8) is 0 Å². The van der Waals surface area contributed by atoms with Crippen LogP contribution in [0, 0.1) is 3.57 Å². The molecule has 0 amide bonds. The van der Waals surface area contributed by atoms with E-state index in [1.54, 1.807) is 22.6 Å².